The number of aromatic nitrogens is 1. The molecule has 0 atom stereocenters. The number of hydrogen-bond acceptors (Lipinski definition) is 5. The minimum absolute atomic E-state index is 0.0471. The molecule has 3 aromatic rings. The SMILES string of the molecule is COc1ccccc1/C=C/C(=O)OCc1cc(-c2ccccc2)on1. The van der Waals surface area contributed by atoms with Gasteiger partial charge < -0.3 is 14.0 Å². The van der Waals surface area contributed by atoms with E-state index in [2.05, 4.69) is 5.16 Å². The third kappa shape index (κ3) is 4.35. The zero-order chi connectivity index (χ0) is 17.5. The van der Waals surface area contributed by atoms with Gasteiger partial charge in [-0.25, -0.2) is 4.79 Å². The first-order chi connectivity index (χ1) is 12.3. The predicted octanol–water partition coefficient (Wildman–Crippen LogP) is 4.11. The summed E-state index contributed by atoms with van der Waals surface area (Å²) in [6.45, 7) is 0.0471. The topological polar surface area (TPSA) is 61.6 Å². The first-order valence-corrected chi connectivity index (χ1v) is 7.75. The van der Waals surface area contributed by atoms with Gasteiger partial charge in [-0.05, 0) is 12.1 Å². The van der Waals surface area contributed by atoms with E-state index in [0.717, 1.165) is 11.1 Å². The third-order valence-electron chi connectivity index (χ3n) is 3.52. The van der Waals surface area contributed by atoms with Crippen molar-refractivity contribution >= 4 is 12.0 Å². The van der Waals surface area contributed by atoms with Gasteiger partial charge in [0.15, 0.2) is 5.76 Å². The molecular formula is C20H17NO4. The Balaban J connectivity index is 1.58. The van der Waals surface area contributed by atoms with E-state index >= 15 is 0 Å². The van der Waals surface area contributed by atoms with Gasteiger partial charge in [0, 0.05) is 23.3 Å². The molecule has 2 aromatic carbocycles. The maximum Gasteiger partial charge on any atom is 0.331 e. The van der Waals surface area contributed by atoms with Gasteiger partial charge in [0.1, 0.15) is 18.1 Å². The van der Waals surface area contributed by atoms with Gasteiger partial charge in [0.2, 0.25) is 0 Å². The fourth-order valence-electron chi connectivity index (χ4n) is 2.27. The molecule has 0 unspecified atom stereocenters. The molecule has 0 saturated carbocycles. The van der Waals surface area contributed by atoms with Crippen molar-refractivity contribution in [3.8, 4) is 17.1 Å². The second-order valence-electron chi connectivity index (χ2n) is 5.23. The predicted molar refractivity (Wildman–Crippen MR) is 93.8 cm³/mol. The molecule has 0 aliphatic heterocycles. The molecule has 0 aliphatic rings. The zero-order valence-corrected chi connectivity index (χ0v) is 13.7. The van der Waals surface area contributed by atoms with Crippen molar-refractivity contribution in [3.63, 3.8) is 0 Å². The molecule has 126 valence electrons. The minimum atomic E-state index is -0.463. The van der Waals surface area contributed by atoms with Gasteiger partial charge in [-0.3, -0.25) is 0 Å². The Hall–Kier alpha value is -3.34. The molecule has 1 aromatic heterocycles. The number of hydrogen-bond donors (Lipinski definition) is 0. The molecule has 5 nitrogen and oxygen atoms in total. The van der Waals surface area contributed by atoms with Crippen LogP contribution in [-0.2, 0) is 16.1 Å². The van der Waals surface area contributed by atoms with Gasteiger partial charge in [-0.1, -0.05) is 53.7 Å². The number of carbonyl (C=O) groups is 1. The highest BCUT2D eigenvalue weighted by Crippen LogP contribution is 2.20. The molecule has 0 fully saturated rings. The largest absolute Gasteiger partial charge is 0.496 e. The van der Waals surface area contributed by atoms with Crippen molar-refractivity contribution in [1.29, 1.82) is 0 Å². The monoisotopic (exact) mass is 335 g/mol. The van der Waals surface area contributed by atoms with Gasteiger partial charge >= 0.3 is 5.97 Å². The van der Waals surface area contributed by atoms with E-state index in [1.54, 1.807) is 19.3 Å². The summed E-state index contributed by atoms with van der Waals surface area (Å²) >= 11 is 0. The number of ether oxygens (including phenoxy) is 2. The number of methoxy groups -OCH3 is 1. The highest BCUT2D eigenvalue weighted by molar-refractivity contribution is 5.87. The van der Waals surface area contributed by atoms with Crippen LogP contribution in [0.5, 0.6) is 5.75 Å². The maximum atomic E-state index is 11.9. The molecule has 0 saturated heterocycles. The van der Waals surface area contributed by atoms with Crippen LogP contribution in [0, 0.1) is 0 Å². The Bertz CT molecular complexity index is 868. The Kier molecular flexibility index (Phi) is 5.26. The van der Waals surface area contributed by atoms with Crippen molar-refractivity contribution in [2.45, 2.75) is 6.61 Å². The van der Waals surface area contributed by atoms with Crippen LogP contribution < -0.4 is 4.74 Å². The van der Waals surface area contributed by atoms with Gasteiger partial charge in [-0.2, -0.15) is 0 Å². The van der Waals surface area contributed by atoms with Crippen molar-refractivity contribution in [2.24, 2.45) is 0 Å². The highest BCUT2D eigenvalue weighted by Gasteiger charge is 2.08. The first-order valence-electron chi connectivity index (χ1n) is 7.75. The van der Waals surface area contributed by atoms with Crippen LogP contribution in [0.15, 0.2) is 71.3 Å². The van der Waals surface area contributed by atoms with E-state index in [1.165, 1.54) is 6.08 Å². The molecular weight excluding hydrogens is 318 g/mol. The average Bonchev–Trinajstić information content (AvgIpc) is 3.14. The Morgan fingerprint density at radius 3 is 2.68 bits per heavy atom. The molecule has 1 heterocycles. The smallest absolute Gasteiger partial charge is 0.331 e. The van der Waals surface area contributed by atoms with E-state index in [-0.39, 0.29) is 6.61 Å². The Labute approximate surface area is 145 Å². The summed E-state index contributed by atoms with van der Waals surface area (Å²) in [7, 11) is 1.58. The average molecular weight is 335 g/mol. The van der Waals surface area contributed by atoms with Crippen molar-refractivity contribution in [3.05, 3.63) is 78.0 Å². The van der Waals surface area contributed by atoms with E-state index in [9.17, 15) is 4.79 Å². The molecule has 5 heteroatoms. The molecule has 3 rings (SSSR count). The van der Waals surface area contributed by atoms with E-state index in [4.69, 9.17) is 14.0 Å². The number of benzene rings is 2. The fourth-order valence-corrected chi connectivity index (χ4v) is 2.27. The highest BCUT2D eigenvalue weighted by atomic mass is 16.5. The zero-order valence-electron chi connectivity index (χ0n) is 13.7. The molecule has 0 bridgehead atoms. The van der Waals surface area contributed by atoms with E-state index in [1.807, 2.05) is 54.6 Å². The standard InChI is InChI=1S/C20H17NO4/c1-23-18-10-6-5-9-16(18)11-12-20(22)24-14-17-13-19(25-21-17)15-7-3-2-4-8-15/h2-13H,14H2,1H3/b12-11+. The van der Waals surface area contributed by atoms with Crippen LogP contribution in [0.4, 0.5) is 0 Å². The van der Waals surface area contributed by atoms with Gasteiger partial charge in [0.05, 0.1) is 7.11 Å². The second kappa shape index (κ2) is 7.97. The lowest BCUT2D eigenvalue weighted by Crippen LogP contribution is -2.00. The summed E-state index contributed by atoms with van der Waals surface area (Å²) in [6.07, 6.45) is 3.01. The first kappa shape index (κ1) is 16.5. The van der Waals surface area contributed by atoms with Crippen molar-refractivity contribution in [1.82, 2.24) is 5.16 Å². The lowest BCUT2D eigenvalue weighted by molar-refractivity contribution is -0.139. The summed E-state index contributed by atoms with van der Waals surface area (Å²) in [6, 6.07) is 18.8. The normalized spacial score (nSPS) is 10.8. The van der Waals surface area contributed by atoms with Crippen LogP contribution in [0.3, 0.4) is 0 Å². The number of esters is 1. The van der Waals surface area contributed by atoms with Crippen LogP contribution >= 0.6 is 0 Å². The minimum Gasteiger partial charge on any atom is -0.496 e. The molecule has 0 spiro atoms. The Morgan fingerprint density at radius 1 is 1.12 bits per heavy atom. The summed E-state index contributed by atoms with van der Waals surface area (Å²) in [4.78, 5) is 11.9. The molecule has 0 amide bonds. The molecule has 0 N–H and O–H groups in total. The number of carbonyl (C=O) groups excluding carboxylic acids is 1. The van der Waals surface area contributed by atoms with Crippen LogP contribution in [-0.4, -0.2) is 18.2 Å². The second-order valence-corrected chi connectivity index (χ2v) is 5.23. The van der Waals surface area contributed by atoms with E-state index in [0.29, 0.717) is 17.2 Å². The van der Waals surface area contributed by atoms with Crippen molar-refractivity contribution in [2.75, 3.05) is 7.11 Å². The number of nitrogens with zero attached hydrogens (tertiary/aromatic N) is 1. The summed E-state index contributed by atoms with van der Waals surface area (Å²) in [5.41, 5.74) is 2.27. The molecule has 25 heavy (non-hydrogen) atoms. The summed E-state index contributed by atoms with van der Waals surface area (Å²) < 4.78 is 15.7. The Morgan fingerprint density at radius 2 is 1.88 bits per heavy atom. The van der Waals surface area contributed by atoms with Crippen molar-refractivity contribution < 1.29 is 18.8 Å². The van der Waals surface area contributed by atoms with E-state index < -0.39 is 5.97 Å². The van der Waals surface area contributed by atoms with Crippen LogP contribution in [0.2, 0.25) is 0 Å². The molecule has 0 radical (unpaired) electrons. The number of para-hydroxylation sites is 1. The van der Waals surface area contributed by atoms with Crippen LogP contribution in [0.1, 0.15) is 11.3 Å². The maximum absolute atomic E-state index is 11.9. The lowest BCUT2D eigenvalue weighted by Gasteiger charge is -2.03. The lowest BCUT2D eigenvalue weighted by atomic mass is 10.2. The summed E-state index contributed by atoms with van der Waals surface area (Å²) in [5.74, 6) is 0.863. The quantitative estimate of drug-likeness (QED) is 0.501. The number of rotatable bonds is 6. The third-order valence-corrected chi connectivity index (χ3v) is 3.52. The van der Waals surface area contributed by atoms with Crippen LogP contribution in [0.25, 0.3) is 17.4 Å². The van der Waals surface area contributed by atoms with Gasteiger partial charge in [-0.15, -0.1) is 0 Å². The summed E-state index contributed by atoms with van der Waals surface area (Å²) in [5, 5.41) is 3.91. The van der Waals surface area contributed by atoms with Gasteiger partial charge in [0.25, 0.3) is 0 Å². The molecule has 0 aliphatic carbocycles. The fraction of sp³-hybridized carbons (Fsp3) is 0.100.